The fourth-order valence-corrected chi connectivity index (χ4v) is 3.66. The van der Waals surface area contributed by atoms with Gasteiger partial charge in [-0.2, -0.15) is 0 Å². The van der Waals surface area contributed by atoms with Crippen molar-refractivity contribution < 1.29 is 9.84 Å². The molecular formula is C17H33N3O2. The Kier molecular flexibility index (Phi) is 7.46. The number of aliphatic hydroxyl groups excluding tert-OH is 1. The lowest BCUT2D eigenvalue weighted by Crippen LogP contribution is -2.40. The summed E-state index contributed by atoms with van der Waals surface area (Å²) in [4.78, 5) is 6.93. The lowest BCUT2D eigenvalue weighted by molar-refractivity contribution is 0.0177. The summed E-state index contributed by atoms with van der Waals surface area (Å²) in [6.07, 6.45) is 7.33. The van der Waals surface area contributed by atoms with Crippen molar-refractivity contribution in [1.29, 1.82) is 0 Å². The average Bonchev–Trinajstić information content (AvgIpc) is 3.17. The molecule has 22 heavy (non-hydrogen) atoms. The Morgan fingerprint density at radius 3 is 2.68 bits per heavy atom. The van der Waals surface area contributed by atoms with E-state index in [0.717, 1.165) is 51.0 Å². The zero-order valence-corrected chi connectivity index (χ0v) is 14.3. The molecule has 0 aromatic heterocycles. The zero-order chi connectivity index (χ0) is 15.8. The Bertz CT molecular complexity index is 343. The minimum Gasteiger partial charge on any atom is -0.391 e. The molecule has 0 aromatic rings. The van der Waals surface area contributed by atoms with E-state index in [9.17, 15) is 5.11 Å². The number of likely N-dealkylation sites (tertiary alicyclic amines) is 1. The summed E-state index contributed by atoms with van der Waals surface area (Å²) in [5.41, 5.74) is 0. The van der Waals surface area contributed by atoms with Gasteiger partial charge in [0.2, 0.25) is 0 Å². The molecule has 0 amide bonds. The standard InChI is InChI=1S/C17H33N3O2/c1-3-18-17(20-12-10-15(21)13-20)19-11-9-16(22-4-2)14-7-5-6-8-14/h14-16,21H,3-13H2,1-2H3,(H,18,19)/t15-,16?/m1/s1. The smallest absolute Gasteiger partial charge is 0.194 e. The maximum absolute atomic E-state index is 9.70. The normalized spacial score (nSPS) is 25.0. The van der Waals surface area contributed by atoms with Crippen LogP contribution in [0.15, 0.2) is 4.99 Å². The first-order chi connectivity index (χ1) is 10.7. The molecule has 1 aliphatic heterocycles. The third kappa shape index (κ3) is 5.13. The number of guanidine groups is 1. The highest BCUT2D eigenvalue weighted by atomic mass is 16.5. The number of aliphatic imine (C=N–C) groups is 1. The maximum Gasteiger partial charge on any atom is 0.194 e. The first kappa shape index (κ1) is 17.5. The van der Waals surface area contributed by atoms with E-state index < -0.39 is 0 Å². The first-order valence-corrected chi connectivity index (χ1v) is 9.07. The molecule has 1 aliphatic carbocycles. The Balaban J connectivity index is 1.85. The number of nitrogens with zero attached hydrogens (tertiary/aromatic N) is 2. The number of aliphatic hydroxyl groups is 1. The van der Waals surface area contributed by atoms with Crippen molar-refractivity contribution in [2.75, 3.05) is 32.8 Å². The molecule has 0 aromatic carbocycles. The van der Waals surface area contributed by atoms with Crippen molar-refractivity contribution in [2.24, 2.45) is 10.9 Å². The van der Waals surface area contributed by atoms with Crippen LogP contribution in [0.1, 0.15) is 52.4 Å². The number of hydrogen-bond acceptors (Lipinski definition) is 3. The molecule has 1 saturated heterocycles. The van der Waals surface area contributed by atoms with Crippen LogP contribution in [-0.4, -0.2) is 61.0 Å². The fourth-order valence-electron chi connectivity index (χ4n) is 3.66. The van der Waals surface area contributed by atoms with E-state index in [4.69, 9.17) is 9.73 Å². The molecular weight excluding hydrogens is 278 g/mol. The van der Waals surface area contributed by atoms with E-state index >= 15 is 0 Å². The largest absolute Gasteiger partial charge is 0.391 e. The summed E-state index contributed by atoms with van der Waals surface area (Å²) in [7, 11) is 0. The molecule has 2 atom stereocenters. The summed E-state index contributed by atoms with van der Waals surface area (Å²) < 4.78 is 5.97. The maximum atomic E-state index is 9.70. The van der Waals surface area contributed by atoms with Gasteiger partial charge < -0.3 is 20.1 Å². The Morgan fingerprint density at radius 2 is 2.09 bits per heavy atom. The molecule has 0 spiro atoms. The van der Waals surface area contributed by atoms with Gasteiger partial charge in [-0.15, -0.1) is 0 Å². The Hall–Kier alpha value is -0.810. The highest BCUT2D eigenvalue weighted by Crippen LogP contribution is 2.30. The number of ether oxygens (including phenoxy) is 1. The van der Waals surface area contributed by atoms with Gasteiger partial charge in [0.1, 0.15) is 0 Å². The van der Waals surface area contributed by atoms with Crippen molar-refractivity contribution in [3.05, 3.63) is 0 Å². The van der Waals surface area contributed by atoms with Crippen molar-refractivity contribution >= 4 is 5.96 Å². The van der Waals surface area contributed by atoms with E-state index in [1.54, 1.807) is 0 Å². The summed E-state index contributed by atoms with van der Waals surface area (Å²) in [5, 5.41) is 13.0. The van der Waals surface area contributed by atoms with Crippen LogP contribution >= 0.6 is 0 Å². The lowest BCUT2D eigenvalue weighted by atomic mass is 9.98. The van der Waals surface area contributed by atoms with Crippen LogP contribution in [0.2, 0.25) is 0 Å². The lowest BCUT2D eigenvalue weighted by Gasteiger charge is -2.24. The molecule has 0 radical (unpaired) electrons. The van der Waals surface area contributed by atoms with Gasteiger partial charge in [0.25, 0.3) is 0 Å². The second kappa shape index (κ2) is 9.36. The first-order valence-electron chi connectivity index (χ1n) is 9.07. The summed E-state index contributed by atoms with van der Waals surface area (Å²) in [6.45, 7) is 8.22. The third-order valence-electron chi connectivity index (χ3n) is 4.78. The molecule has 2 fully saturated rings. The SMILES string of the molecule is CCNC(=NCCC(OCC)C1CCCC1)N1CC[C@@H](O)C1. The average molecular weight is 311 g/mol. The highest BCUT2D eigenvalue weighted by Gasteiger charge is 2.26. The molecule has 128 valence electrons. The topological polar surface area (TPSA) is 57.1 Å². The Labute approximate surface area is 135 Å². The van der Waals surface area contributed by atoms with Gasteiger partial charge in [0.05, 0.1) is 12.2 Å². The van der Waals surface area contributed by atoms with E-state index in [-0.39, 0.29) is 6.10 Å². The summed E-state index contributed by atoms with van der Waals surface area (Å²) in [5.74, 6) is 1.67. The van der Waals surface area contributed by atoms with Crippen molar-refractivity contribution in [3.63, 3.8) is 0 Å². The number of β-amino-alcohol motifs (C(OH)–C–C–N with tert-alkyl or cyclic N) is 1. The molecule has 2 aliphatic rings. The second-order valence-electron chi connectivity index (χ2n) is 6.45. The third-order valence-corrected chi connectivity index (χ3v) is 4.78. The molecule has 1 saturated carbocycles. The number of hydrogen-bond donors (Lipinski definition) is 2. The van der Waals surface area contributed by atoms with Crippen LogP contribution in [-0.2, 0) is 4.74 Å². The van der Waals surface area contributed by atoms with Gasteiger partial charge >= 0.3 is 0 Å². The second-order valence-corrected chi connectivity index (χ2v) is 6.45. The van der Waals surface area contributed by atoms with E-state index in [1.807, 2.05) is 0 Å². The summed E-state index contributed by atoms with van der Waals surface area (Å²) in [6, 6.07) is 0. The van der Waals surface area contributed by atoms with Gasteiger partial charge in [0, 0.05) is 32.8 Å². The van der Waals surface area contributed by atoms with E-state index in [1.165, 1.54) is 25.7 Å². The molecule has 0 bridgehead atoms. The predicted molar refractivity (Wildman–Crippen MR) is 90.2 cm³/mol. The van der Waals surface area contributed by atoms with Crippen molar-refractivity contribution in [3.8, 4) is 0 Å². The fraction of sp³-hybridized carbons (Fsp3) is 0.941. The highest BCUT2D eigenvalue weighted by molar-refractivity contribution is 5.80. The number of rotatable bonds is 7. The minimum atomic E-state index is -0.210. The molecule has 2 N–H and O–H groups in total. The Morgan fingerprint density at radius 1 is 1.32 bits per heavy atom. The van der Waals surface area contributed by atoms with Crippen LogP contribution < -0.4 is 5.32 Å². The quantitative estimate of drug-likeness (QED) is 0.558. The summed E-state index contributed by atoms with van der Waals surface area (Å²) >= 11 is 0. The van der Waals surface area contributed by atoms with E-state index in [2.05, 4.69) is 24.1 Å². The van der Waals surface area contributed by atoms with Crippen LogP contribution in [0.25, 0.3) is 0 Å². The predicted octanol–water partition coefficient (Wildman–Crippen LogP) is 2.00. The molecule has 1 heterocycles. The molecule has 5 heteroatoms. The van der Waals surface area contributed by atoms with Gasteiger partial charge in [-0.25, -0.2) is 0 Å². The minimum absolute atomic E-state index is 0.210. The monoisotopic (exact) mass is 311 g/mol. The van der Waals surface area contributed by atoms with Crippen LogP contribution in [0.4, 0.5) is 0 Å². The number of nitrogens with one attached hydrogen (secondary N) is 1. The van der Waals surface area contributed by atoms with E-state index in [0.29, 0.717) is 12.6 Å². The molecule has 2 rings (SSSR count). The van der Waals surface area contributed by atoms with Gasteiger partial charge in [-0.05, 0) is 45.4 Å². The van der Waals surface area contributed by atoms with Crippen LogP contribution in [0.3, 0.4) is 0 Å². The van der Waals surface area contributed by atoms with Gasteiger partial charge in [0.15, 0.2) is 5.96 Å². The van der Waals surface area contributed by atoms with Crippen molar-refractivity contribution in [1.82, 2.24) is 10.2 Å². The van der Waals surface area contributed by atoms with Crippen LogP contribution in [0, 0.1) is 5.92 Å². The van der Waals surface area contributed by atoms with Gasteiger partial charge in [-0.3, -0.25) is 4.99 Å². The van der Waals surface area contributed by atoms with Crippen molar-refractivity contribution in [2.45, 2.75) is 64.6 Å². The van der Waals surface area contributed by atoms with Crippen LogP contribution in [0.5, 0.6) is 0 Å². The zero-order valence-electron chi connectivity index (χ0n) is 14.3. The molecule has 5 nitrogen and oxygen atoms in total. The van der Waals surface area contributed by atoms with Gasteiger partial charge in [-0.1, -0.05) is 12.8 Å². The molecule has 1 unspecified atom stereocenters.